The van der Waals surface area contributed by atoms with Crippen molar-refractivity contribution < 1.29 is 14.0 Å². The molecule has 0 amide bonds. The van der Waals surface area contributed by atoms with Crippen LogP contribution < -0.4 is 0 Å². The predicted octanol–water partition coefficient (Wildman–Crippen LogP) is 2.25. The molecule has 0 bridgehead atoms. The minimum absolute atomic E-state index is 0.317. The second kappa shape index (κ2) is 6.15. The fourth-order valence-electron chi connectivity index (χ4n) is 1.42. The van der Waals surface area contributed by atoms with Gasteiger partial charge in [0.2, 0.25) is 0 Å². The Balaban J connectivity index is 3.74. The zero-order chi connectivity index (χ0) is 12.1. The predicted molar refractivity (Wildman–Crippen MR) is 68.9 cm³/mol. The number of aliphatic hydroxyl groups is 1. The zero-order valence-electron chi connectivity index (χ0n) is 10.7. The molecule has 0 fully saturated rings. The molecule has 1 N–H and O–H groups in total. The van der Waals surface area contributed by atoms with Gasteiger partial charge in [0, 0.05) is 6.61 Å². The second-order valence-corrected chi connectivity index (χ2v) is 14.5. The third kappa shape index (κ3) is 10.6. The summed E-state index contributed by atoms with van der Waals surface area (Å²) >= 11 is 0. The van der Waals surface area contributed by atoms with Crippen molar-refractivity contribution in [3.05, 3.63) is 6.92 Å². The van der Waals surface area contributed by atoms with Crippen LogP contribution in [-0.4, -0.2) is 41.1 Å². The van der Waals surface area contributed by atoms with Crippen molar-refractivity contribution in [2.75, 3.05) is 13.2 Å². The molecule has 0 saturated carbocycles. The van der Waals surface area contributed by atoms with Crippen LogP contribution in [0.15, 0.2) is 0 Å². The molecule has 0 aromatic carbocycles. The van der Waals surface area contributed by atoms with E-state index in [4.69, 9.17) is 14.0 Å². The van der Waals surface area contributed by atoms with Gasteiger partial charge < -0.3 is 14.0 Å². The first-order valence-corrected chi connectivity index (χ1v) is 11.9. The molecule has 5 heteroatoms. The molecule has 3 nitrogen and oxygen atoms in total. The molecule has 0 aliphatic rings. The maximum absolute atomic E-state index is 8.92. The number of rotatable bonds is 7. The lowest BCUT2D eigenvalue weighted by atomic mass is 10.4. The molecule has 0 aromatic heterocycles. The Morgan fingerprint density at radius 1 is 1.20 bits per heavy atom. The fraction of sp³-hybridized carbons (Fsp3) is 0.900. The molecule has 1 atom stereocenters. The Kier molecular flexibility index (Phi) is 6.28. The van der Waals surface area contributed by atoms with E-state index < -0.39 is 22.7 Å². The summed E-state index contributed by atoms with van der Waals surface area (Å²) in [5.41, 5.74) is 0. The van der Waals surface area contributed by atoms with Gasteiger partial charge in [-0.1, -0.05) is 0 Å². The summed E-state index contributed by atoms with van der Waals surface area (Å²) in [7, 11) is -3.01. The average Bonchev–Trinajstić information content (AvgIpc) is 1.93. The molecule has 0 spiro atoms. The smallest absolute Gasteiger partial charge is 0.175 e. The van der Waals surface area contributed by atoms with Crippen LogP contribution in [0.25, 0.3) is 0 Å². The van der Waals surface area contributed by atoms with Crippen LogP contribution >= 0.6 is 0 Å². The van der Waals surface area contributed by atoms with Crippen LogP contribution in [0.3, 0.4) is 0 Å². The summed E-state index contributed by atoms with van der Waals surface area (Å²) in [6, 6.07) is 0.976. The van der Waals surface area contributed by atoms with E-state index in [9.17, 15) is 0 Å². The molecular weight excluding hydrogens is 224 g/mol. The SMILES string of the molecule is [CH2]C(O)COCC[Si](C)(C)O[Si](C)(C)C. The minimum Gasteiger partial charge on any atom is -0.456 e. The van der Waals surface area contributed by atoms with Crippen LogP contribution in [0.5, 0.6) is 0 Å². The van der Waals surface area contributed by atoms with E-state index >= 15 is 0 Å². The lowest BCUT2D eigenvalue weighted by Gasteiger charge is -2.31. The zero-order valence-corrected chi connectivity index (χ0v) is 12.7. The van der Waals surface area contributed by atoms with Gasteiger partial charge in [0.25, 0.3) is 0 Å². The third-order valence-electron chi connectivity index (χ3n) is 1.74. The second-order valence-electron chi connectivity index (χ2n) is 5.45. The summed E-state index contributed by atoms with van der Waals surface area (Å²) in [4.78, 5) is 0. The van der Waals surface area contributed by atoms with Gasteiger partial charge in [-0.15, -0.1) is 0 Å². The maximum atomic E-state index is 8.92. The van der Waals surface area contributed by atoms with Gasteiger partial charge in [0.1, 0.15) is 0 Å². The van der Waals surface area contributed by atoms with E-state index in [1.165, 1.54) is 0 Å². The molecule has 0 aliphatic carbocycles. The summed E-state index contributed by atoms with van der Waals surface area (Å²) in [5, 5.41) is 8.92. The molecule has 0 heterocycles. The molecule has 0 aromatic rings. The first kappa shape index (κ1) is 15.3. The van der Waals surface area contributed by atoms with Crippen molar-refractivity contribution in [1.82, 2.24) is 0 Å². The van der Waals surface area contributed by atoms with Crippen molar-refractivity contribution in [1.29, 1.82) is 0 Å². The fourth-order valence-corrected chi connectivity index (χ4v) is 9.09. The van der Waals surface area contributed by atoms with E-state index in [2.05, 4.69) is 39.7 Å². The van der Waals surface area contributed by atoms with Crippen molar-refractivity contribution >= 4 is 16.6 Å². The highest BCUT2D eigenvalue weighted by Crippen LogP contribution is 2.17. The molecule has 0 aliphatic heterocycles. The molecular formula is C10H25O3Si2. The van der Waals surface area contributed by atoms with Crippen LogP contribution in [0, 0.1) is 6.92 Å². The quantitative estimate of drug-likeness (QED) is 0.555. The topological polar surface area (TPSA) is 38.7 Å². The lowest BCUT2D eigenvalue weighted by molar-refractivity contribution is 0.0644. The van der Waals surface area contributed by atoms with Crippen LogP contribution in [0.4, 0.5) is 0 Å². The van der Waals surface area contributed by atoms with Crippen molar-refractivity contribution in [2.24, 2.45) is 0 Å². The molecule has 0 rings (SSSR count). The van der Waals surface area contributed by atoms with E-state index in [0.29, 0.717) is 13.2 Å². The van der Waals surface area contributed by atoms with E-state index in [0.717, 1.165) is 6.04 Å². The largest absolute Gasteiger partial charge is 0.456 e. The van der Waals surface area contributed by atoms with Crippen LogP contribution in [0.2, 0.25) is 38.8 Å². The van der Waals surface area contributed by atoms with Gasteiger partial charge in [0.15, 0.2) is 16.6 Å². The molecule has 1 unspecified atom stereocenters. The number of aliphatic hydroxyl groups excluding tert-OH is 1. The summed E-state index contributed by atoms with van der Waals surface area (Å²) < 4.78 is 11.5. The summed E-state index contributed by atoms with van der Waals surface area (Å²) in [6.07, 6.45) is -0.618. The van der Waals surface area contributed by atoms with Gasteiger partial charge in [-0.3, -0.25) is 0 Å². The molecule has 1 radical (unpaired) electrons. The number of ether oxygens (including phenoxy) is 1. The van der Waals surface area contributed by atoms with E-state index in [1.807, 2.05) is 0 Å². The van der Waals surface area contributed by atoms with Gasteiger partial charge >= 0.3 is 0 Å². The number of hydrogen-bond acceptors (Lipinski definition) is 3. The monoisotopic (exact) mass is 249 g/mol. The Morgan fingerprint density at radius 2 is 1.73 bits per heavy atom. The van der Waals surface area contributed by atoms with Crippen molar-refractivity contribution in [3.8, 4) is 0 Å². The minimum atomic E-state index is -1.58. The maximum Gasteiger partial charge on any atom is 0.175 e. The van der Waals surface area contributed by atoms with E-state index in [1.54, 1.807) is 0 Å². The van der Waals surface area contributed by atoms with Crippen molar-refractivity contribution in [2.45, 2.75) is 44.9 Å². The molecule has 91 valence electrons. The Morgan fingerprint density at radius 3 is 2.13 bits per heavy atom. The third-order valence-corrected chi connectivity index (χ3v) is 7.81. The highest BCUT2D eigenvalue weighted by Gasteiger charge is 2.29. The standard InChI is InChI=1S/C10H25O3Si2/c1-10(11)9-12-7-8-15(5,6)13-14(2,3)4/h10-11H,1,7-9H2,2-6H3. The first-order chi connectivity index (χ1) is 6.62. The van der Waals surface area contributed by atoms with Crippen molar-refractivity contribution in [3.63, 3.8) is 0 Å². The first-order valence-electron chi connectivity index (χ1n) is 5.41. The Bertz CT molecular complexity index is 176. The average molecular weight is 249 g/mol. The van der Waals surface area contributed by atoms with E-state index in [-0.39, 0.29) is 0 Å². The summed E-state index contributed by atoms with van der Waals surface area (Å²) in [5.74, 6) is 0. The normalized spacial score (nSPS) is 15.4. The van der Waals surface area contributed by atoms with Gasteiger partial charge in [-0.2, -0.15) is 0 Å². The Hall–Kier alpha value is 0.314. The number of hydrogen-bond donors (Lipinski definition) is 1. The highest BCUT2D eigenvalue weighted by atomic mass is 28.4. The summed E-state index contributed by atoms with van der Waals surface area (Å²) in [6.45, 7) is 15.5. The van der Waals surface area contributed by atoms with Crippen LogP contribution in [-0.2, 0) is 8.85 Å². The van der Waals surface area contributed by atoms with Crippen LogP contribution in [0.1, 0.15) is 0 Å². The van der Waals surface area contributed by atoms with Gasteiger partial charge in [-0.25, -0.2) is 0 Å². The van der Waals surface area contributed by atoms with Gasteiger partial charge in [0.05, 0.1) is 12.7 Å². The molecule has 0 saturated heterocycles. The molecule has 15 heavy (non-hydrogen) atoms. The Labute approximate surface area is 96.1 Å². The van der Waals surface area contributed by atoms with Gasteiger partial charge in [-0.05, 0) is 45.7 Å². The highest BCUT2D eigenvalue weighted by molar-refractivity contribution is 6.84. The lowest BCUT2D eigenvalue weighted by Crippen LogP contribution is -2.42.